The van der Waals surface area contributed by atoms with Gasteiger partial charge in [-0.05, 0) is 54.4 Å². The molecule has 0 aliphatic rings. The van der Waals surface area contributed by atoms with Gasteiger partial charge in [0.15, 0.2) is 0 Å². The zero-order valence-corrected chi connectivity index (χ0v) is 10.6. The van der Waals surface area contributed by atoms with Gasteiger partial charge in [0.2, 0.25) is 0 Å². The highest BCUT2D eigenvalue weighted by atomic mass is 79.9. The standard InChI is InChI=1S/C12H17BrN2/c1-3-4-5-8-11(14-2)12-10(13)7-6-9-15-12/h3,6-7,9,11,14H,1,4-5,8H2,2H3. The number of aromatic nitrogens is 1. The number of rotatable bonds is 6. The van der Waals surface area contributed by atoms with Crippen molar-refractivity contribution in [3.05, 3.63) is 41.2 Å². The normalized spacial score (nSPS) is 12.4. The molecule has 2 nitrogen and oxygen atoms in total. The predicted molar refractivity (Wildman–Crippen MR) is 67.8 cm³/mol. The molecule has 82 valence electrons. The minimum Gasteiger partial charge on any atom is -0.312 e. The summed E-state index contributed by atoms with van der Waals surface area (Å²) in [5.74, 6) is 0. The summed E-state index contributed by atoms with van der Waals surface area (Å²) in [6.45, 7) is 3.73. The Labute approximate surface area is 99.9 Å². The Bertz CT molecular complexity index is 312. The number of allylic oxidation sites excluding steroid dienone is 1. The van der Waals surface area contributed by atoms with Crippen LogP contribution in [0.4, 0.5) is 0 Å². The van der Waals surface area contributed by atoms with E-state index in [4.69, 9.17) is 0 Å². The molecular weight excluding hydrogens is 252 g/mol. The molecule has 0 amide bonds. The zero-order valence-electron chi connectivity index (χ0n) is 9.04. The second kappa shape index (κ2) is 6.75. The summed E-state index contributed by atoms with van der Waals surface area (Å²) in [5.41, 5.74) is 1.09. The predicted octanol–water partition coefficient (Wildman–Crippen LogP) is 3.46. The number of hydrogen-bond acceptors (Lipinski definition) is 2. The number of pyridine rings is 1. The van der Waals surface area contributed by atoms with Gasteiger partial charge in [0.25, 0.3) is 0 Å². The third-order valence-electron chi connectivity index (χ3n) is 2.37. The quantitative estimate of drug-likeness (QED) is 0.632. The minimum atomic E-state index is 0.320. The van der Waals surface area contributed by atoms with Crippen molar-refractivity contribution in [1.29, 1.82) is 0 Å². The summed E-state index contributed by atoms with van der Waals surface area (Å²) in [4.78, 5) is 4.39. The Morgan fingerprint density at radius 3 is 3.07 bits per heavy atom. The van der Waals surface area contributed by atoms with Crippen LogP contribution in [0.1, 0.15) is 31.0 Å². The zero-order chi connectivity index (χ0) is 11.1. The molecule has 3 heteroatoms. The van der Waals surface area contributed by atoms with Gasteiger partial charge in [-0.15, -0.1) is 6.58 Å². The average Bonchev–Trinajstić information content (AvgIpc) is 2.26. The third kappa shape index (κ3) is 3.76. The number of nitrogens with one attached hydrogen (secondary N) is 1. The molecule has 0 saturated carbocycles. The largest absolute Gasteiger partial charge is 0.312 e. The Balaban J connectivity index is 2.65. The summed E-state index contributed by atoms with van der Waals surface area (Å²) in [7, 11) is 1.97. The highest BCUT2D eigenvalue weighted by molar-refractivity contribution is 9.10. The molecule has 1 aromatic heterocycles. The monoisotopic (exact) mass is 268 g/mol. The van der Waals surface area contributed by atoms with Gasteiger partial charge >= 0.3 is 0 Å². The first-order valence-electron chi connectivity index (χ1n) is 5.18. The Hall–Kier alpha value is -0.670. The molecule has 1 rings (SSSR count). The van der Waals surface area contributed by atoms with Crippen LogP contribution in [0.2, 0.25) is 0 Å². The average molecular weight is 269 g/mol. The van der Waals surface area contributed by atoms with Crippen LogP contribution < -0.4 is 5.32 Å². The lowest BCUT2D eigenvalue weighted by Gasteiger charge is -2.16. The summed E-state index contributed by atoms with van der Waals surface area (Å²) < 4.78 is 1.07. The summed E-state index contributed by atoms with van der Waals surface area (Å²) in [5, 5.41) is 3.29. The lowest BCUT2D eigenvalue weighted by Crippen LogP contribution is -2.18. The maximum Gasteiger partial charge on any atom is 0.0714 e. The summed E-state index contributed by atoms with van der Waals surface area (Å²) in [6.07, 6.45) is 7.07. The maximum absolute atomic E-state index is 4.39. The molecular formula is C12H17BrN2. The lowest BCUT2D eigenvalue weighted by molar-refractivity contribution is 0.516. The van der Waals surface area contributed by atoms with Crippen LogP contribution in [-0.2, 0) is 0 Å². The van der Waals surface area contributed by atoms with Crippen molar-refractivity contribution in [1.82, 2.24) is 10.3 Å². The van der Waals surface area contributed by atoms with Crippen molar-refractivity contribution in [2.45, 2.75) is 25.3 Å². The van der Waals surface area contributed by atoms with Gasteiger partial charge in [0, 0.05) is 10.7 Å². The molecule has 0 bridgehead atoms. The van der Waals surface area contributed by atoms with E-state index < -0.39 is 0 Å². The van der Waals surface area contributed by atoms with Crippen LogP contribution in [0.5, 0.6) is 0 Å². The first kappa shape index (κ1) is 12.4. The van der Waals surface area contributed by atoms with E-state index in [-0.39, 0.29) is 0 Å². The molecule has 1 unspecified atom stereocenters. The molecule has 1 N–H and O–H groups in total. The van der Waals surface area contributed by atoms with E-state index >= 15 is 0 Å². The Morgan fingerprint density at radius 1 is 1.67 bits per heavy atom. The first-order chi connectivity index (χ1) is 7.29. The van der Waals surface area contributed by atoms with Crippen molar-refractivity contribution < 1.29 is 0 Å². The van der Waals surface area contributed by atoms with E-state index in [1.807, 2.05) is 31.5 Å². The maximum atomic E-state index is 4.39. The van der Waals surface area contributed by atoms with Crippen LogP contribution in [-0.4, -0.2) is 12.0 Å². The molecule has 0 aliphatic heterocycles. The second-order valence-electron chi connectivity index (χ2n) is 3.43. The first-order valence-corrected chi connectivity index (χ1v) is 5.97. The van der Waals surface area contributed by atoms with Gasteiger partial charge in [-0.3, -0.25) is 4.98 Å². The van der Waals surface area contributed by atoms with Crippen LogP contribution in [0.15, 0.2) is 35.5 Å². The fourth-order valence-corrected chi connectivity index (χ4v) is 2.07. The van der Waals surface area contributed by atoms with Crippen LogP contribution in [0.3, 0.4) is 0 Å². The van der Waals surface area contributed by atoms with Crippen molar-refractivity contribution in [2.24, 2.45) is 0 Å². The molecule has 0 aromatic carbocycles. The van der Waals surface area contributed by atoms with Gasteiger partial charge in [-0.1, -0.05) is 6.08 Å². The topological polar surface area (TPSA) is 24.9 Å². The van der Waals surface area contributed by atoms with Crippen LogP contribution in [0, 0.1) is 0 Å². The molecule has 0 radical (unpaired) electrons. The van der Waals surface area contributed by atoms with Crippen molar-refractivity contribution in [2.75, 3.05) is 7.05 Å². The molecule has 0 saturated heterocycles. The molecule has 1 aromatic rings. The van der Waals surface area contributed by atoms with Gasteiger partial charge in [-0.25, -0.2) is 0 Å². The van der Waals surface area contributed by atoms with E-state index in [2.05, 4.69) is 32.8 Å². The lowest BCUT2D eigenvalue weighted by atomic mass is 10.1. The smallest absolute Gasteiger partial charge is 0.0714 e. The fraction of sp³-hybridized carbons (Fsp3) is 0.417. The molecule has 1 atom stereocenters. The highest BCUT2D eigenvalue weighted by Gasteiger charge is 2.12. The Morgan fingerprint density at radius 2 is 2.47 bits per heavy atom. The highest BCUT2D eigenvalue weighted by Crippen LogP contribution is 2.24. The number of hydrogen-bond donors (Lipinski definition) is 1. The summed E-state index contributed by atoms with van der Waals surface area (Å²) in [6, 6.07) is 4.28. The summed E-state index contributed by atoms with van der Waals surface area (Å²) >= 11 is 3.52. The minimum absolute atomic E-state index is 0.320. The molecule has 0 fully saturated rings. The van der Waals surface area contributed by atoms with Gasteiger partial charge < -0.3 is 5.32 Å². The molecule has 15 heavy (non-hydrogen) atoms. The van der Waals surface area contributed by atoms with E-state index in [1.54, 1.807) is 0 Å². The van der Waals surface area contributed by atoms with Gasteiger partial charge in [0.05, 0.1) is 11.7 Å². The van der Waals surface area contributed by atoms with E-state index in [0.717, 1.165) is 29.4 Å². The van der Waals surface area contributed by atoms with E-state index in [0.29, 0.717) is 6.04 Å². The van der Waals surface area contributed by atoms with Crippen molar-refractivity contribution in [3.8, 4) is 0 Å². The van der Waals surface area contributed by atoms with Crippen molar-refractivity contribution >= 4 is 15.9 Å². The van der Waals surface area contributed by atoms with E-state index in [1.165, 1.54) is 0 Å². The molecule has 0 spiro atoms. The van der Waals surface area contributed by atoms with Crippen LogP contribution >= 0.6 is 15.9 Å². The van der Waals surface area contributed by atoms with E-state index in [9.17, 15) is 0 Å². The third-order valence-corrected chi connectivity index (χ3v) is 3.04. The van der Waals surface area contributed by atoms with Gasteiger partial charge in [0.1, 0.15) is 0 Å². The molecule has 1 heterocycles. The van der Waals surface area contributed by atoms with Crippen molar-refractivity contribution in [3.63, 3.8) is 0 Å². The fourth-order valence-electron chi connectivity index (χ4n) is 1.54. The number of nitrogens with zero attached hydrogens (tertiary/aromatic N) is 1. The number of halogens is 1. The SMILES string of the molecule is C=CCCCC(NC)c1ncccc1Br. The molecule has 0 aliphatic carbocycles. The number of unbranched alkanes of at least 4 members (excludes halogenated alkanes) is 1. The second-order valence-corrected chi connectivity index (χ2v) is 4.29. The van der Waals surface area contributed by atoms with Crippen LogP contribution in [0.25, 0.3) is 0 Å². The Kier molecular flexibility index (Phi) is 5.58. The van der Waals surface area contributed by atoms with Gasteiger partial charge in [-0.2, -0.15) is 0 Å².